The van der Waals surface area contributed by atoms with Crippen molar-refractivity contribution in [1.82, 2.24) is 0 Å². The summed E-state index contributed by atoms with van der Waals surface area (Å²) in [7, 11) is 1.36. The largest absolute Gasteiger partial charge is 0.466 e. The maximum Gasteiger partial charge on any atom is 0.337 e. The van der Waals surface area contributed by atoms with Gasteiger partial charge >= 0.3 is 11.9 Å². The zero-order valence-corrected chi connectivity index (χ0v) is 15.3. The first-order chi connectivity index (χ1) is 11.9. The van der Waals surface area contributed by atoms with Crippen molar-refractivity contribution in [3.05, 3.63) is 47.5 Å². The molecule has 0 aliphatic carbocycles. The molecule has 0 unspecified atom stereocenters. The predicted molar refractivity (Wildman–Crippen MR) is 94.1 cm³/mol. The van der Waals surface area contributed by atoms with E-state index in [4.69, 9.17) is 14.2 Å². The topological polar surface area (TPSA) is 61.8 Å². The molecule has 1 aliphatic heterocycles. The van der Waals surface area contributed by atoms with Gasteiger partial charge in [-0.05, 0) is 44.9 Å². The normalized spacial score (nSPS) is 25.9. The van der Waals surface area contributed by atoms with Crippen molar-refractivity contribution in [2.45, 2.75) is 39.4 Å². The van der Waals surface area contributed by atoms with Crippen molar-refractivity contribution >= 4 is 11.9 Å². The molecule has 4 atom stereocenters. The van der Waals surface area contributed by atoms with Crippen LogP contribution >= 0.6 is 0 Å². The number of hydrogen-bond donors (Lipinski definition) is 0. The van der Waals surface area contributed by atoms with Crippen molar-refractivity contribution < 1.29 is 23.8 Å². The Morgan fingerprint density at radius 2 is 1.88 bits per heavy atom. The van der Waals surface area contributed by atoms with E-state index >= 15 is 0 Å². The van der Waals surface area contributed by atoms with E-state index in [2.05, 4.69) is 6.58 Å². The summed E-state index contributed by atoms with van der Waals surface area (Å²) in [4.78, 5) is 23.8. The lowest BCUT2D eigenvalue weighted by Gasteiger charge is -2.40. The molecule has 1 aromatic carbocycles. The third kappa shape index (κ3) is 4.28. The molecule has 136 valence electrons. The van der Waals surface area contributed by atoms with Gasteiger partial charge in [0.25, 0.3) is 0 Å². The molecular weight excluding hydrogens is 320 g/mol. The van der Waals surface area contributed by atoms with Crippen LogP contribution in [0.2, 0.25) is 0 Å². The Kier molecular flexibility index (Phi) is 6.37. The molecule has 0 N–H and O–H groups in total. The van der Waals surface area contributed by atoms with Gasteiger partial charge in [0.2, 0.25) is 0 Å². The molecule has 0 saturated carbocycles. The molecular formula is C20H26O5. The van der Waals surface area contributed by atoms with Gasteiger partial charge in [-0.3, -0.25) is 4.79 Å². The van der Waals surface area contributed by atoms with Crippen LogP contribution in [0.15, 0.2) is 36.4 Å². The summed E-state index contributed by atoms with van der Waals surface area (Å²) >= 11 is 0. The third-order valence-electron chi connectivity index (χ3n) is 4.68. The maximum atomic E-state index is 12.2. The van der Waals surface area contributed by atoms with Gasteiger partial charge in [0.1, 0.15) is 0 Å². The lowest BCUT2D eigenvalue weighted by molar-refractivity contribution is -0.166. The molecule has 1 aliphatic rings. The lowest BCUT2D eigenvalue weighted by atomic mass is 9.78. The molecule has 2 rings (SSSR count). The highest BCUT2D eigenvalue weighted by atomic mass is 16.5. The number of benzene rings is 1. The van der Waals surface area contributed by atoms with Gasteiger partial charge in [-0.15, -0.1) is 0 Å². The Morgan fingerprint density at radius 1 is 1.24 bits per heavy atom. The first-order valence-electron chi connectivity index (χ1n) is 8.54. The quantitative estimate of drug-likeness (QED) is 0.601. The zero-order chi connectivity index (χ0) is 18.6. The van der Waals surface area contributed by atoms with E-state index in [1.807, 2.05) is 26.0 Å². The number of hydrogen-bond acceptors (Lipinski definition) is 5. The number of carbonyl (C=O) groups is 2. The van der Waals surface area contributed by atoms with Crippen LogP contribution in [-0.2, 0) is 19.0 Å². The molecule has 0 spiro atoms. The van der Waals surface area contributed by atoms with Crippen LogP contribution in [0.1, 0.15) is 49.2 Å². The van der Waals surface area contributed by atoms with E-state index in [1.54, 1.807) is 19.1 Å². The number of carbonyl (C=O) groups excluding carboxylic acids is 2. The van der Waals surface area contributed by atoms with Crippen molar-refractivity contribution in [2.24, 2.45) is 11.8 Å². The Labute approximate surface area is 149 Å². The van der Waals surface area contributed by atoms with Crippen molar-refractivity contribution in [3.63, 3.8) is 0 Å². The van der Waals surface area contributed by atoms with Gasteiger partial charge < -0.3 is 14.2 Å². The molecule has 5 nitrogen and oxygen atoms in total. The van der Waals surface area contributed by atoms with Crippen LogP contribution in [0, 0.1) is 11.8 Å². The Hall–Kier alpha value is -2.14. The molecule has 0 radical (unpaired) electrons. The van der Waals surface area contributed by atoms with E-state index in [9.17, 15) is 9.59 Å². The fraction of sp³-hybridized carbons (Fsp3) is 0.500. The van der Waals surface area contributed by atoms with Crippen LogP contribution in [0.3, 0.4) is 0 Å². The van der Waals surface area contributed by atoms with Crippen LogP contribution < -0.4 is 0 Å². The molecule has 0 amide bonds. The van der Waals surface area contributed by atoms with Gasteiger partial charge in [0.05, 0.1) is 37.4 Å². The number of esters is 2. The summed E-state index contributed by atoms with van der Waals surface area (Å²) in [6.07, 6.45) is 0.184. The summed E-state index contributed by atoms with van der Waals surface area (Å²) in [5, 5.41) is 0. The Morgan fingerprint density at radius 3 is 2.40 bits per heavy atom. The minimum atomic E-state index is -0.372. The lowest BCUT2D eigenvalue weighted by Crippen LogP contribution is -2.40. The van der Waals surface area contributed by atoms with E-state index < -0.39 is 0 Å². The van der Waals surface area contributed by atoms with Crippen molar-refractivity contribution in [1.29, 1.82) is 0 Å². The summed E-state index contributed by atoms with van der Waals surface area (Å²) in [5.74, 6) is -0.883. The molecule has 1 heterocycles. The smallest absolute Gasteiger partial charge is 0.337 e. The second-order valence-electron chi connectivity index (χ2n) is 6.42. The van der Waals surface area contributed by atoms with E-state index in [0.717, 1.165) is 11.1 Å². The predicted octanol–water partition coefficient (Wildman–Crippen LogP) is 3.69. The molecule has 0 bridgehead atoms. The molecule has 25 heavy (non-hydrogen) atoms. The first kappa shape index (κ1) is 19.2. The number of rotatable bonds is 5. The fourth-order valence-electron chi connectivity index (χ4n) is 3.24. The average Bonchev–Trinajstić information content (AvgIpc) is 2.60. The molecule has 1 aromatic rings. The third-order valence-corrected chi connectivity index (χ3v) is 4.68. The molecule has 5 heteroatoms. The highest BCUT2D eigenvalue weighted by Gasteiger charge is 2.41. The number of ether oxygens (including phenoxy) is 3. The maximum absolute atomic E-state index is 12.2. The minimum Gasteiger partial charge on any atom is -0.466 e. The monoisotopic (exact) mass is 346 g/mol. The summed E-state index contributed by atoms with van der Waals surface area (Å²) in [5.41, 5.74) is 2.41. The van der Waals surface area contributed by atoms with Gasteiger partial charge in [-0.1, -0.05) is 24.3 Å². The van der Waals surface area contributed by atoms with E-state index in [1.165, 1.54) is 7.11 Å². The zero-order valence-electron chi connectivity index (χ0n) is 15.3. The van der Waals surface area contributed by atoms with Crippen LogP contribution in [0.25, 0.3) is 0 Å². The van der Waals surface area contributed by atoms with E-state index in [0.29, 0.717) is 18.6 Å². The second kappa shape index (κ2) is 8.30. The van der Waals surface area contributed by atoms with Crippen LogP contribution in [0.5, 0.6) is 0 Å². The molecule has 1 saturated heterocycles. The summed E-state index contributed by atoms with van der Waals surface area (Å²) < 4.78 is 16.1. The van der Waals surface area contributed by atoms with Gasteiger partial charge in [-0.25, -0.2) is 4.79 Å². The standard InChI is InChI=1S/C20H26O5/c1-6-24-20(22)17-11-16(12(2)3)18(25-13(17)4)14-7-9-15(10-8-14)19(21)23-5/h7-10,13,16-18H,2,6,11H2,1,3-5H3/t13-,16+,17-,18+/m1/s1. The highest BCUT2D eigenvalue weighted by Crippen LogP contribution is 2.42. The average molecular weight is 346 g/mol. The van der Waals surface area contributed by atoms with Gasteiger partial charge in [0.15, 0.2) is 0 Å². The molecule has 1 fully saturated rings. The summed E-state index contributed by atoms with van der Waals surface area (Å²) in [6.45, 7) is 10.1. The Bertz CT molecular complexity index is 634. The minimum absolute atomic E-state index is 0.00887. The second-order valence-corrected chi connectivity index (χ2v) is 6.42. The van der Waals surface area contributed by atoms with Gasteiger partial charge in [-0.2, -0.15) is 0 Å². The van der Waals surface area contributed by atoms with Gasteiger partial charge in [0, 0.05) is 5.92 Å². The van der Waals surface area contributed by atoms with Crippen LogP contribution in [-0.4, -0.2) is 31.8 Å². The first-order valence-corrected chi connectivity index (χ1v) is 8.54. The number of methoxy groups -OCH3 is 1. The highest BCUT2D eigenvalue weighted by molar-refractivity contribution is 5.89. The van der Waals surface area contributed by atoms with Crippen molar-refractivity contribution in [2.75, 3.05) is 13.7 Å². The SMILES string of the molecule is C=C(C)[C@@H]1C[C@@H](C(=O)OCC)[C@@H](C)O[C@H]1c1ccc(C(=O)OC)cc1. The Balaban J connectivity index is 2.23. The molecule has 0 aromatic heterocycles. The fourth-order valence-corrected chi connectivity index (χ4v) is 3.24. The summed E-state index contributed by atoms with van der Waals surface area (Å²) in [6, 6.07) is 7.18. The van der Waals surface area contributed by atoms with E-state index in [-0.39, 0.29) is 36.0 Å². The van der Waals surface area contributed by atoms with Crippen molar-refractivity contribution in [3.8, 4) is 0 Å². The van der Waals surface area contributed by atoms with Crippen LogP contribution in [0.4, 0.5) is 0 Å².